The molecule has 2 heterocycles. The van der Waals surface area contributed by atoms with E-state index in [1.54, 1.807) is 6.20 Å². The highest BCUT2D eigenvalue weighted by Crippen LogP contribution is 2.28. The summed E-state index contributed by atoms with van der Waals surface area (Å²) < 4.78 is 0. The smallest absolute Gasteiger partial charge is 0.255 e. The van der Waals surface area contributed by atoms with E-state index >= 15 is 0 Å². The Balaban J connectivity index is 1.50. The van der Waals surface area contributed by atoms with Crippen molar-refractivity contribution in [1.82, 2.24) is 9.88 Å². The van der Waals surface area contributed by atoms with Gasteiger partial charge in [-0.25, -0.2) is 0 Å². The predicted molar refractivity (Wildman–Crippen MR) is 106 cm³/mol. The van der Waals surface area contributed by atoms with Gasteiger partial charge in [-0.15, -0.1) is 0 Å². The molecule has 0 aliphatic carbocycles. The molecule has 132 valence electrons. The Morgan fingerprint density at radius 2 is 1.81 bits per heavy atom. The van der Waals surface area contributed by atoms with E-state index in [0.717, 1.165) is 29.7 Å². The van der Waals surface area contributed by atoms with Crippen LogP contribution in [-0.2, 0) is 0 Å². The number of rotatable bonds is 3. The Bertz CT molecular complexity index is 907. The molecule has 0 saturated carbocycles. The summed E-state index contributed by atoms with van der Waals surface area (Å²) in [7, 11) is 2.17. The van der Waals surface area contributed by atoms with Crippen LogP contribution in [0.1, 0.15) is 34.7 Å². The molecular weight excluding hydrogens is 322 g/mol. The standard InChI is InChI=1S/C22H23N3O/c1-25-14-11-17(12-15-25)16-7-9-18(10-8-16)22(26)24-21-6-2-5-20-19(21)4-3-13-23-20/h2-10,13,17H,11-12,14-15H2,1H3,(H,24,26). The van der Waals surface area contributed by atoms with Gasteiger partial charge in [0.2, 0.25) is 0 Å². The maximum Gasteiger partial charge on any atom is 0.255 e. The molecule has 4 rings (SSSR count). The van der Waals surface area contributed by atoms with Gasteiger partial charge in [0.15, 0.2) is 0 Å². The molecule has 1 saturated heterocycles. The van der Waals surface area contributed by atoms with Gasteiger partial charge in [0.1, 0.15) is 0 Å². The van der Waals surface area contributed by atoms with Gasteiger partial charge in [-0.1, -0.05) is 18.2 Å². The van der Waals surface area contributed by atoms with Crippen LogP contribution in [-0.4, -0.2) is 35.9 Å². The number of anilines is 1. The maximum absolute atomic E-state index is 12.7. The molecular formula is C22H23N3O. The minimum atomic E-state index is -0.0868. The van der Waals surface area contributed by atoms with Crippen LogP contribution >= 0.6 is 0 Å². The summed E-state index contributed by atoms with van der Waals surface area (Å²) in [6, 6.07) is 17.7. The second-order valence-electron chi connectivity index (χ2n) is 7.03. The molecule has 0 atom stereocenters. The number of hydrogen-bond donors (Lipinski definition) is 1. The SMILES string of the molecule is CN1CCC(c2ccc(C(=O)Nc3cccc4ncccc34)cc2)CC1. The first-order valence-electron chi connectivity index (χ1n) is 9.14. The lowest BCUT2D eigenvalue weighted by molar-refractivity contribution is 0.102. The van der Waals surface area contributed by atoms with Crippen LogP contribution in [0, 0.1) is 0 Å². The van der Waals surface area contributed by atoms with Gasteiger partial charge < -0.3 is 10.2 Å². The molecule has 1 aromatic heterocycles. The van der Waals surface area contributed by atoms with Crippen LogP contribution in [0.3, 0.4) is 0 Å². The fraction of sp³-hybridized carbons (Fsp3) is 0.273. The highest BCUT2D eigenvalue weighted by atomic mass is 16.1. The summed E-state index contributed by atoms with van der Waals surface area (Å²) in [4.78, 5) is 19.4. The van der Waals surface area contributed by atoms with Crippen molar-refractivity contribution in [3.8, 4) is 0 Å². The highest BCUT2D eigenvalue weighted by Gasteiger charge is 2.18. The van der Waals surface area contributed by atoms with Gasteiger partial charge in [0.25, 0.3) is 5.91 Å². The van der Waals surface area contributed by atoms with Crippen molar-refractivity contribution < 1.29 is 4.79 Å². The summed E-state index contributed by atoms with van der Waals surface area (Å²) in [5.41, 5.74) is 3.69. The topological polar surface area (TPSA) is 45.2 Å². The molecule has 26 heavy (non-hydrogen) atoms. The molecule has 1 N–H and O–H groups in total. The number of hydrogen-bond acceptors (Lipinski definition) is 3. The lowest BCUT2D eigenvalue weighted by Crippen LogP contribution is -2.29. The molecule has 0 bridgehead atoms. The fourth-order valence-electron chi connectivity index (χ4n) is 3.66. The largest absolute Gasteiger partial charge is 0.321 e. The quantitative estimate of drug-likeness (QED) is 0.770. The fourth-order valence-corrected chi connectivity index (χ4v) is 3.66. The molecule has 3 aromatic rings. The van der Waals surface area contributed by atoms with Crippen LogP contribution in [0.2, 0.25) is 0 Å². The summed E-state index contributed by atoms with van der Waals surface area (Å²) in [6.07, 6.45) is 4.13. The van der Waals surface area contributed by atoms with E-state index in [1.807, 2.05) is 42.5 Å². The Labute approximate surface area is 153 Å². The molecule has 0 unspecified atom stereocenters. The van der Waals surface area contributed by atoms with Crippen molar-refractivity contribution in [2.75, 3.05) is 25.5 Å². The summed E-state index contributed by atoms with van der Waals surface area (Å²) in [5, 5.41) is 3.97. The number of carbonyl (C=O) groups excluding carboxylic acids is 1. The van der Waals surface area contributed by atoms with E-state index < -0.39 is 0 Å². The summed E-state index contributed by atoms with van der Waals surface area (Å²) >= 11 is 0. The number of amides is 1. The van der Waals surface area contributed by atoms with Crippen molar-refractivity contribution in [1.29, 1.82) is 0 Å². The predicted octanol–water partition coefficient (Wildman–Crippen LogP) is 4.30. The Kier molecular flexibility index (Phi) is 4.67. The van der Waals surface area contributed by atoms with E-state index in [1.165, 1.54) is 18.4 Å². The van der Waals surface area contributed by atoms with Crippen LogP contribution in [0.5, 0.6) is 0 Å². The van der Waals surface area contributed by atoms with Gasteiger partial charge in [-0.3, -0.25) is 9.78 Å². The van der Waals surface area contributed by atoms with Crippen LogP contribution < -0.4 is 5.32 Å². The van der Waals surface area contributed by atoms with E-state index in [-0.39, 0.29) is 5.91 Å². The summed E-state index contributed by atoms with van der Waals surface area (Å²) in [6.45, 7) is 2.28. The number of fused-ring (bicyclic) bond motifs is 1. The number of aromatic nitrogens is 1. The number of pyridine rings is 1. The lowest BCUT2D eigenvalue weighted by atomic mass is 9.89. The average Bonchev–Trinajstić information content (AvgIpc) is 2.69. The molecule has 1 amide bonds. The first-order chi connectivity index (χ1) is 12.7. The number of benzene rings is 2. The zero-order valence-corrected chi connectivity index (χ0v) is 15.0. The molecule has 0 spiro atoms. The van der Waals surface area contributed by atoms with Crippen molar-refractivity contribution >= 4 is 22.5 Å². The van der Waals surface area contributed by atoms with Gasteiger partial charge >= 0.3 is 0 Å². The van der Waals surface area contributed by atoms with E-state index in [2.05, 4.69) is 34.4 Å². The molecule has 0 radical (unpaired) electrons. The summed E-state index contributed by atoms with van der Waals surface area (Å²) in [5.74, 6) is 0.517. The first-order valence-corrected chi connectivity index (χ1v) is 9.14. The van der Waals surface area contributed by atoms with E-state index in [9.17, 15) is 4.79 Å². The zero-order chi connectivity index (χ0) is 17.9. The normalized spacial score (nSPS) is 15.9. The first kappa shape index (κ1) is 16.7. The maximum atomic E-state index is 12.7. The third-order valence-corrected chi connectivity index (χ3v) is 5.26. The number of nitrogens with zero attached hydrogens (tertiary/aromatic N) is 2. The van der Waals surface area contributed by atoms with Gasteiger partial charge in [-0.05, 0) is 80.9 Å². The molecule has 4 heteroatoms. The molecule has 1 fully saturated rings. The van der Waals surface area contributed by atoms with Crippen LogP contribution in [0.4, 0.5) is 5.69 Å². The average molecular weight is 345 g/mol. The lowest BCUT2D eigenvalue weighted by Gasteiger charge is -2.29. The van der Waals surface area contributed by atoms with E-state index in [4.69, 9.17) is 0 Å². The molecule has 2 aromatic carbocycles. The van der Waals surface area contributed by atoms with Crippen molar-refractivity contribution in [3.05, 3.63) is 71.9 Å². The molecule has 1 aliphatic rings. The van der Waals surface area contributed by atoms with E-state index in [0.29, 0.717) is 11.5 Å². The minimum Gasteiger partial charge on any atom is -0.321 e. The zero-order valence-electron chi connectivity index (χ0n) is 15.0. The van der Waals surface area contributed by atoms with Crippen molar-refractivity contribution in [2.45, 2.75) is 18.8 Å². The number of likely N-dealkylation sites (tertiary alicyclic amines) is 1. The second-order valence-corrected chi connectivity index (χ2v) is 7.03. The van der Waals surface area contributed by atoms with Crippen LogP contribution in [0.25, 0.3) is 10.9 Å². The van der Waals surface area contributed by atoms with Crippen molar-refractivity contribution in [2.24, 2.45) is 0 Å². The Morgan fingerprint density at radius 3 is 2.58 bits per heavy atom. The third-order valence-electron chi connectivity index (χ3n) is 5.26. The number of nitrogens with one attached hydrogen (secondary N) is 1. The van der Waals surface area contributed by atoms with Gasteiger partial charge in [-0.2, -0.15) is 0 Å². The Hall–Kier alpha value is -2.72. The molecule has 4 nitrogen and oxygen atoms in total. The number of carbonyl (C=O) groups is 1. The highest BCUT2D eigenvalue weighted by molar-refractivity contribution is 6.08. The Morgan fingerprint density at radius 1 is 1.04 bits per heavy atom. The monoisotopic (exact) mass is 345 g/mol. The van der Waals surface area contributed by atoms with Crippen molar-refractivity contribution in [3.63, 3.8) is 0 Å². The molecule has 1 aliphatic heterocycles. The van der Waals surface area contributed by atoms with Crippen LogP contribution in [0.15, 0.2) is 60.8 Å². The number of piperidine rings is 1. The third kappa shape index (κ3) is 3.46. The minimum absolute atomic E-state index is 0.0868. The van der Waals surface area contributed by atoms with Gasteiger partial charge in [0, 0.05) is 17.1 Å². The van der Waals surface area contributed by atoms with Gasteiger partial charge in [0.05, 0.1) is 11.2 Å². The second kappa shape index (κ2) is 7.26.